The van der Waals surface area contributed by atoms with Crippen LogP contribution in [0, 0.1) is 5.92 Å². The summed E-state index contributed by atoms with van der Waals surface area (Å²) in [4.78, 5) is 10.6. The van der Waals surface area contributed by atoms with Gasteiger partial charge in [0.05, 0.1) is 0 Å². The zero-order valence-corrected chi connectivity index (χ0v) is 6.02. The monoisotopic (exact) mass is 144 g/mol. The highest BCUT2D eigenvalue weighted by Gasteiger charge is 2.15. The SMILES string of the molecule is C.CC(=O)CC1CCCC1.[HH]. The molecule has 0 amide bonds. The van der Waals surface area contributed by atoms with Crippen molar-refractivity contribution in [2.75, 3.05) is 0 Å². The molecule has 0 aromatic heterocycles. The van der Waals surface area contributed by atoms with Crippen molar-refractivity contribution in [3.63, 3.8) is 0 Å². The molecule has 1 rings (SSSR count). The molecule has 0 heterocycles. The molecule has 1 saturated carbocycles. The zero-order valence-electron chi connectivity index (χ0n) is 6.02. The molecule has 0 aliphatic heterocycles. The van der Waals surface area contributed by atoms with Crippen LogP contribution < -0.4 is 0 Å². The maximum Gasteiger partial charge on any atom is 0.130 e. The molecule has 62 valence electrons. The van der Waals surface area contributed by atoms with Crippen molar-refractivity contribution in [2.24, 2.45) is 5.92 Å². The summed E-state index contributed by atoms with van der Waals surface area (Å²) < 4.78 is 0. The van der Waals surface area contributed by atoms with E-state index in [1.807, 2.05) is 0 Å². The predicted octanol–water partition coefficient (Wildman–Crippen LogP) is 3.04. The quantitative estimate of drug-likeness (QED) is 0.582. The van der Waals surface area contributed by atoms with E-state index in [0.717, 1.165) is 12.3 Å². The highest BCUT2D eigenvalue weighted by atomic mass is 16.1. The molecule has 0 radical (unpaired) electrons. The van der Waals surface area contributed by atoms with Crippen molar-refractivity contribution in [3.8, 4) is 0 Å². The molecule has 0 spiro atoms. The van der Waals surface area contributed by atoms with Crippen LogP contribution in [0.25, 0.3) is 0 Å². The zero-order chi connectivity index (χ0) is 6.69. The van der Waals surface area contributed by atoms with Gasteiger partial charge < -0.3 is 4.79 Å². The largest absolute Gasteiger partial charge is 0.300 e. The molecule has 0 unspecified atom stereocenters. The number of Topliss-reactive ketones (excluding diaryl/α,β-unsaturated/α-hetero) is 1. The van der Waals surface area contributed by atoms with Gasteiger partial charge in [0.15, 0.2) is 0 Å². The second kappa shape index (κ2) is 4.48. The molecule has 1 aliphatic carbocycles. The highest BCUT2D eigenvalue weighted by molar-refractivity contribution is 5.75. The number of rotatable bonds is 2. The Labute approximate surface area is 65.3 Å². The minimum absolute atomic E-state index is 0. The summed E-state index contributed by atoms with van der Waals surface area (Å²) in [6, 6.07) is 0. The van der Waals surface area contributed by atoms with E-state index >= 15 is 0 Å². The number of carbonyl (C=O) groups excluding carboxylic acids is 1. The molecule has 0 saturated heterocycles. The summed E-state index contributed by atoms with van der Waals surface area (Å²) in [7, 11) is 0. The summed E-state index contributed by atoms with van der Waals surface area (Å²) in [6.45, 7) is 1.69. The van der Waals surface area contributed by atoms with Crippen LogP contribution in [0.1, 0.15) is 47.9 Å². The van der Waals surface area contributed by atoms with E-state index in [1.165, 1.54) is 25.7 Å². The fourth-order valence-electron chi connectivity index (χ4n) is 1.62. The van der Waals surface area contributed by atoms with Gasteiger partial charge in [-0.05, 0) is 12.8 Å². The van der Waals surface area contributed by atoms with Gasteiger partial charge in [-0.1, -0.05) is 33.1 Å². The smallest absolute Gasteiger partial charge is 0.130 e. The Balaban J connectivity index is 0. The molecular formula is C9H20O. The van der Waals surface area contributed by atoms with E-state index in [9.17, 15) is 4.79 Å². The lowest BCUT2D eigenvalue weighted by Gasteiger charge is -2.02. The Bertz CT molecular complexity index is 106. The fraction of sp³-hybridized carbons (Fsp3) is 0.889. The lowest BCUT2D eigenvalue weighted by atomic mass is 10.0. The van der Waals surface area contributed by atoms with Gasteiger partial charge in [0, 0.05) is 7.85 Å². The van der Waals surface area contributed by atoms with Crippen molar-refractivity contribution >= 4 is 5.78 Å². The molecule has 1 fully saturated rings. The minimum atomic E-state index is 0. The summed E-state index contributed by atoms with van der Waals surface area (Å²) in [6.07, 6.45) is 6.11. The third-order valence-electron chi connectivity index (χ3n) is 2.05. The number of hydrogen-bond acceptors (Lipinski definition) is 1. The van der Waals surface area contributed by atoms with Gasteiger partial charge in [0.2, 0.25) is 0 Å². The normalized spacial score (nSPS) is 18.5. The van der Waals surface area contributed by atoms with Crippen LogP contribution in [0.5, 0.6) is 0 Å². The summed E-state index contributed by atoms with van der Waals surface area (Å²) in [5, 5.41) is 0. The number of carbonyl (C=O) groups is 1. The highest BCUT2D eigenvalue weighted by Crippen LogP contribution is 2.27. The van der Waals surface area contributed by atoms with E-state index in [-0.39, 0.29) is 8.85 Å². The summed E-state index contributed by atoms with van der Waals surface area (Å²) in [5.74, 6) is 1.10. The first kappa shape index (κ1) is 9.67. The molecule has 0 aromatic carbocycles. The van der Waals surface area contributed by atoms with Gasteiger partial charge in [-0.3, -0.25) is 0 Å². The van der Waals surface area contributed by atoms with E-state index in [1.54, 1.807) is 6.92 Å². The number of hydrogen-bond donors (Lipinski definition) is 0. The molecule has 1 heteroatoms. The average Bonchev–Trinajstić information content (AvgIpc) is 2.15. The van der Waals surface area contributed by atoms with Gasteiger partial charge in [-0.2, -0.15) is 0 Å². The van der Waals surface area contributed by atoms with E-state index in [2.05, 4.69) is 0 Å². The van der Waals surface area contributed by atoms with Crippen molar-refractivity contribution < 1.29 is 6.22 Å². The molecule has 1 nitrogen and oxygen atoms in total. The lowest BCUT2D eigenvalue weighted by Crippen LogP contribution is -1.99. The van der Waals surface area contributed by atoms with Crippen LogP contribution in [-0.2, 0) is 4.79 Å². The first-order valence-corrected chi connectivity index (χ1v) is 3.78. The predicted molar refractivity (Wildman–Crippen MR) is 46.1 cm³/mol. The van der Waals surface area contributed by atoms with E-state index in [4.69, 9.17) is 0 Å². The average molecular weight is 144 g/mol. The lowest BCUT2D eigenvalue weighted by molar-refractivity contribution is -0.117. The van der Waals surface area contributed by atoms with Gasteiger partial charge in [0.1, 0.15) is 5.78 Å². The van der Waals surface area contributed by atoms with Gasteiger partial charge in [-0.15, -0.1) is 0 Å². The van der Waals surface area contributed by atoms with Crippen LogP contribution in [0.4, 0.5) is 0 Å². The Morgan fingerprint density at radius 2 is 2.00 bits per heavy atom. The first-order valence-electron chi connectivity index (χ1n) is 3.78. The Hall–Kier alpha value is -0.330. The van der Waals surface area contributed by atoms with E-state index in [0.29, 0.717) is 5.78 Å². The van der Waals surface area contributed by atoms with E-state index < -0.39 is 0 Å². The second-order valence-electron chi connectivity index (χ2n) is 3.06. The van der Waals surface area contributed by atoms with Gasteiger partial charge in [0.25, 0.3) is 0 Å². The molecule has 0 atom stereocenters. The van der Waals surface area contributed by atoms with Crippen molar-refractivity contribution in [3.05, 3.63) is 0 Å². The maximum atomic E-state index is 10.6. The molecule has 0 aromatic rings. The third kappa shape index (κ3) is 3.00. The van der Waals surface area contributed by atoms with Crippen molar-refractivity contribution in [1.29, 1.82) is 0 Å². The Kier molecular flexibility index (Phi) is 4.33. The molecular weight excluding hydrogens is 124 g/mol. The molecule has 0 N–H and O–H groups in total. The minimum Gasteiger partial charge on any atom is -0.300 e. The van der Waals surface area contributed by atoms with Crippen LogP contribution in [0.15, 0.2) is 0 Å². The van der Waals surface area contributed by atoms with Crippen LogP contribution in [-0.4, -0.2) is 5.78 Å². The summed E-state index contributed by atoms with van der Waals surface area (Å²) in [5.41, 5.74) is 0. The third-order valence-corrected chi connectivity index (χ3v) is 2.05. The second-order valence-corrected chi connectivity index (χ2v) is 3.06. The summed E-state index contributed by atoms with van der Waals surface area (Å²) >= 11 is 0. The standard InChI is InChI=1S/C8H14O.CH4.H2/c1-7(9)6-8-4-2-3-5-8;;/h8H,2-6H2,1H3;1H4;1H. The molecule has 1 aliphatic rings. The van der Waals surface area contributed by atoms with Crippen LogP contribution in [0.3, 0.4) is 0 Å². The van der Waals surface area contributed by atoms with Crippen molar-refractivity contribution in [1.82, 2.24) is 0 Å². The molecule has 10 heavy (non-hydrogen) atoms. The maximum absolute atomic E-state index is 10.6. The Morgan fingerprint density at radius 1 is 1.50 bits per heavy atom. The Morgan fingerprint density at radius 3 is 2.40 bits per heavy atom. The van der Waals surface area contributed by atoms with Gasteiger partial charge >= 0.3 is 0 Å². The number of ketones is 1. The van der Waals surface area contributed by atoms with Gasteiger partial charge in [-0.25, -0.2) is 0 Å². The topological polar surface area (TPSA) is 17.1 Å². The fourth-order valence-corrected chi connectivity index (χ4v) is 1.62. The first-order chi connectivity index (χ1) is 4.29. The van der Waals surface area contributed by atoms with Crippen LogP contribution in [0.2, 0.25) is 0 Å². The molecule has 0 bridgehead atoms. The van der Waals surface area contributed by atoms with Crippen molar-refractivity contribution in [2.45, 2.75) is 46.5 Å². The van der Waals surface area contributed by atoms with Crippen LogP contribution >= 0.6 is 0 Å².